The van der Waals surface area contributed by atoms with Crippen LogP contribution in [0.25, 0.3) is 11.1 Å². The Morgan fingerprint density at radius 3 is 1.60 bits per heavy atom. The van der Waals surface area contributed by atoms with Gasteiger partial charge in [0.15, 0.2) is 0 Å². The first-order chi connectivity index (χ1) is 7.36. The van der Waals surface area contributed by atoms with Gasteiger partial charge < -0.3 is 0 Å². The van der Waals surface area contributed by atoms with Crippen LogP contribution in [0.1, 0.15) is 19.4 Å². The van der Waals surface area contributed by atoms with E-state index in [4.69, 9.17) is 0 Å². The second kappa shape index (κ2) is 6.02. The maximum Gasteiger partial charge on any atom is -0.0184 e. The number of benzene rings is 2. The van der Waals surface area contributed by atoms with E-state index in [1.807, 2.05) is 19.9 Å². The molecule has 0 amide bonds. The smallest absolute Gasteiger partial charge is 0.0184 e. The molecule has 0 aliphatic heterocycles. The van der Waals surface area contributed by atoms with Crippen LogP contribution in [-0.2, 0) is 0 Å². The van der Waals surface area contributed by atoms with E-state index in [1.165, 1.54) is 16.7 Å². The fraction of sp³-hybridized carbons (Fsp3) is 0.200. The molecule has 0 unspecified atom stereocenters. The highest BCUT2D eigenvalue weighted by Gasteiger charge is 1.93. The Morgan fingerprint density at radius 1 is 0.600 bits per heavy atom. The van der Waals surface area contributed by atoms with Gasteiger partial charge in [0, 0.05) is 0 Å². The van der Waals surface area contributed by atoms with Gasteiger partial charge in [0.1, 0.15) is 0 Å². The van der Waals surface area contributed by atoms with Crippen molar-refractivity contribution in [2.45, 2.75) is 20.8 Å². The Bertz CT molecular complexity index is 371. The van der Waals surface area contributed by atoms with Crippen LogP contribution in [-0.4, -0.2) is 0 Å². The minimum Gasteiger partial charge on any atom is -0.0683 e. The molecule has 0 saturated heterocycles. The average Bonchev–Trinajstić information content (AvgIpc) is 2.34. The summed E-state index contributed by atoms with van der Waals surface area (Å²) in [6.45, 7) is 6.11. The number of hydrogen-bond acceptors (Lipinski definition) is 0. The lowest BCUT2D eigenvalue weighted by Gasteiger charge is -2.00. The third-order valence-electron chi connectivity index (χ3n) is 2.16. The summed E-state index contributed by atoms with van der Waals surface area (Å²) in [6.07, 6.45) is 0. The van der Waals surface area contributed by atoms with Crippen LogP contribution in [0.15, 0.2) is 54.6 Å². The van der Waals surface area contributed by atoms with Crippen LogP contribution < -0.4 is 0 Å². The summed E-state index contributed by atoms with van der Waals surface area (Å²) in [4.78, 5) is 0. The predicted octanol–water partition coefficient (Wildman–Crippen LogP) is 4.69. The van der Waals surface area contributed by atoms with Crippen molar-refractivity contribution in [3.05, 3.63) is 60.2 Å². The first-order valence-electron chi connectivity index (χ1n) is 5.48. The molecule has 0 heterocycles. The molecule has 0 atom stereocenters. The van der Waals surface area contributed by atoms with Crippen molar-refractivity contribution in [2.75, 3.05) is 0 Å². The average molecular weight is 198 g/mol. The molecule has 2 aromatic rings. The molecular weight excluding hydrogens is 180 g/mol. The Morgan fingerprint density at radius 2 is 1.07 bits per heavy atom. The van der Waals surface area contributed by atoms with Crippen LogP contribution in [0.3, 0.4) is 0 Å². The quantitative estimate of drug-likeness (QED) is 0.623. The summed E-state index contributed by atoms with van der Waals surface area (Å²) < 4.78 is 0. The molecule has 0 saturated carbocycles. The van der Waals surface area contributed by atoms with Crippen molar-refractivity contribution < 1.29 is 0 Å². The summed E-state index contributed by atoms with van der Waals surface area (Å²) in [6, 6.07) is 19.0. The lowest BCUT2D eigenvalue weighted by atomic mass is 10.0. The Hall–Kier alpha value is -1.56. The molecule has 0 radical (unpaired) electrons. The maximum atomic E-state index is 2.16. The van der Waals surface area contributed by atoms with Crippen molar-refractivity contribution in [1.82, 2.24) is 0 Å². The molecular formula is C15H18. The summed E-state index contributed by atoms with van der Waals surface area (Å²) in [5.74, 6) is 0. The highest BCUT2D eigenvalue weighted by Crippen LogP contribution is 2.18. The Balaban J connectivity index is 0.000000531. The van der Waals surface area contributed by atoms with Gasteiger partial charge in [0.25, 0.3) is 0 Å². The second-order valence-electron chi connectivity index (χ2n) is 3.23. The molecule has 0 aromatic heterocycles. The minimum absolute atomic E-state index is 1.28. The zero-order valence-electron chi connectivity index (χ0n) is 9.70. The van der Waals surface area contributed by atoms with Gasteiger partial charge in [-0.2, -0.15) is 0 Å². The van der Waals surface area contributed by atoms with E-state index in [1.54, 1.807) is 0 Å². The molecule has 0 nitrogen and oxygen atoms in total. The molecule has 0 heteroatoms. The van der Waals surface area contributed by atoms with Gasteiger partial charge in [0.05, 0.1) is 0 Å². The summed E-state index contributed by atoms with van der Waals surface area (Å²) in [7, 11) is 0. The third-order valence-corrected chi connectivity index (χ3v) is 2.16. The van der Waals surface area contributed by atoms with E-state index in [0.717, 1.165) is 0 Å². The van der Waals surface area contributed by atoms with Crippen LogP contribution in [0.5, 0.6) is 0 Å². The van der Waals surface area contributed by atoms with Gasteiger partial charge >= 0.3 is 0 Å². The normalized spacial score (nSPS) is 9.00. The Kier molecular flexibility index (Phi) is 4.62. The first kappa shape index (κ1) is 11.5. The van der Waals surface area contributed by atoms with Gasteiger partial charge in [-0.15, -0.1) is 0 Å². The number of rotatable bonds is 1. The third kappa shape index (κ3) is 3.25. The first-order valence-corrected chi connectivity index (χ1v) is 5.48. The van der Waals surface area contributed by atoms with E-state index >= 15 is 0 Å². The predicted molar refractivity (Wildman–Crippen MR) is 68.0 cm³/mol. The molecule has 78 valence electrons. The summed E-state index contributed by atoms with van der Waals surface area (Å²) in [5, 5.41) is 0. The molecule has 0 bridgehead atoms. The minimum atomic E-state index is 1.28. The maximum absolute atomic E-state index is 2.16. The molecule has 2 rings (SSSR count). The molecule has 0 aliphatic carbocycles. The van der Waals surface area contributed by atoms with Gasteiger partial charge in [-0.1, -0.05) is 74.0 Å². The molecule has 2 aromatic carbocycles. The van der Waals surface area contributed by atoms with Crippen molar-refractivity contribution in [3.8, 4) is 11.1 Å². The largest absolute Gasteiger partial charge is 0.0683 e. The highest BCUT2D eigenvalue weighted by molar-refractivity contribution is 5.63. The highest BCUT2D eigenvalue weighted by atomic mass is 14.0. The van der Waals surface area contributed by atoms with Crippen LogP contribution >= 0.6 is 0 Å². The molecule has 0 N–H and O–H groups in total. The monoisotopic (exact) mass is 198 g/mol. The zero-order valence-corrected chi connectivity index (χ0v) is 9.70. The van der Waals surface area contributed by atoms with E-state index in [-0.39, 0.29) is 0 Å². The van der Waals surface area contributed by atoms with E-state index < -0.39 is 0 Å². The fourth-order valence-corrected chi connectivity index (χ4v) is 1.38. The van der Waals surface area contributed by atoms with Gasteiger partial charge in [-0.25, -0.2) is 0 Å². The van der Waals surface area contributed by atoms with E-state index in [2.05, 4.69) is 55.5 Å². The van der Waals surface area contributed by atoms with Crippen molar-refractivity contribution >= 4 is 0 Å². The SMILES string of the molecule is CC.Cc1ccc(-c2ccccc2)cc1. The molecule has 0 aliphatic rings. The van der Waals surface area contributed by atoms with E-state index in [0.29, 0.717) is 0 Å². The van der Waals surface area contributed by atoms with Crippen LogP contribution in [0.4, 0.5) is 0 Å². The van der Waals surface area contributed by atoms with Crippen molar-refractivity contribution in [2.24, 2.45) is 0 Å². The second-order valence-corrected chi connectivity index (χ2v) is 3.23. The molecule has 15 heavy (non-hydrogen) atoms. The topological polar surface area (TPSA) is 0 Å². The molecule has 0 fully saturated rings. The van der Waals surface area contributed by atoms with Crippen LogP contribution in [0.2, 0.25) is 0 Å². The van der Waals surface area contributed by atoms with Crippen LogP contribution in [0, 0.1) is 6.92 Å². The number of hydrogen-bond donors (Lipinski definition) is 0. The summed E-state index contributed by atoms with van der Waals surface area (Å²) in [5.41, 5.74) is 3.87. The molecule has 0 spiro atoms. The zero-order chi connectivity index (χ0) is 11.1. The lowest BCUT2D eigenvalue weighted by Crippen LogP contribution is -1.76. The van der Waals surface area contributed by atoms with E-state index in [9.17, 15) is 0 Å². The van der Waals surface area contributed by atoms with Crippen molar-refractivity contribution in [3.63, 3.8) is 0 Å². The number of aryl methyl sites for hydroxylation is 1. The van der Waals surface area contributed by atoms with Gasteiger partial charge in [-0.3, -0.25) is 0 Å². The van der Waals surface area contributed by atoms with Crippen molar-refractivity contribution in [1.29, 1.82) is 0 Å². The van der Waals surface area contributed by atoms with Gasteiger partial charge in [0.2, 0.25) is 0 Å². The fourth-order valence-electron chi connectivity index (χ4n) is 1.38. The Labute approximate surface area is 92.6 Å². The lowest BCUT2D eigenvalue weighted by molar-refractivity contribution is 1.47. The summed E-state index contributed by atoms with van der Waals surface area (Å²) >= 11 is 0. The standard InChI is InChI=1S/C13H12.C2H6/c1-11-7-9-13(10-8-11)12-5-3-2-4-6-12;1-2/h2-10H,1H3;1-2H3. The van der Waals surface area contributed by atoms with Gasteiger partial charge in [-0.05, 0) is 18.1 Å².